The van der Waals surface area contributed by atoms with Gasteiger partial charge in [-0.05, 0) is 51.8 Å². The second-order valence-electron chi connectivity index (χ2n) is 6.49. The van der Waals surface area contributed by atoms with Crippen molar-refractivity contribution in [2.24, 2.45) is 5.92 Å². The maximum atomic E-state index is 5.33. The Kier molecular flexibility index (Phi) is 6.22. The molecule has 21 heavy (non-hydrogen) atoms. The molecule has 0 radical (unpaired) electrons. The number of rotatable bonds is 6. The number of hydrogen-bond donors (Lipinski definition) is 1. The van der Waals surface area contributed by atoms with Crippen LogP contribution in [-0.4, -0.2) is 45.3 Å². The highest BCUT2D eigenvalue weighted by molar-refractivity contribution is 5.30. The number of methoxy groups -OCH3 is 1. The molecule has 1 saturated heterocycles. The zero-order valence-electron chi connectivity index (χ0n) is 14.0. The number of piperidine rings is 1. The summed E-state index contributed by atoms with van der Waals surface area (Å²) in [6, 6.07) is 7.27. The van der Waals surface area contributed by atoms with Crippen LogP contribution in [0.15, 0.2) is 18.2 Å². The highest BCUT2D eigenvalue weighted by atomic mass is 16.5. The van der Waals surface area contributed by atoms with Crippen molar-refractivity contribution in [3.63, 3.8) is 0 Å². The number of ether oxygens (including phenoxy) is 1. The van der Waals surface area contributed by atoms with Crippen LogP contribution in [0.4, 0.5) is 0 Å². The number of likely N-dealkylation sites (tertiary alicyclic amines) is 1. The zero-order chi connectivity index (χ0) is 15.2. The Morgan fingerprint density at radius 1 is 1.29 bits per heavy atom. The van der Waals surface area contributed by atoms with Gasteiger partial charge in [-0.15, -0.1) is 0 Å². The quantitative estimate of drug-likeness (QED) is 0.872. The number of aryl methyl sites for hydroxylation is 2. The average molecular weight is 290 g/mol. The van der Waals surface area contributed by atoms with E-state index < -0.39 is 0 Å². The first kappa shape index (κ1) is 16.5. The van der Waals surface area contributed by atoms with Gasteiger partial charge >= 0.3 is 0 Å². The minimum absolute atomic E-state index is 0.407. The van der Waals surface area contributed by atoms with Crippen LogP contribution in [0.1, 0.15) is 35.6 Å². The van der Waals surface area contributed by atoms with Crippen LogP contribution >= 0.6 is 0 Å². The Hall–Kier alpha value is -0.900. The van der Waals surface area contributed by atoms with Gasteiger partial charge in [-0.1, -0.05) is 29.3 Å². The second-order valence-corrected chi connectivity index (χ2v) is 6.49. The van der Waals surface area contributed by atoms with Gasteiger partial charge in [-0.3, -0.25) is 0 Å². The molecule has 0 aromatic heterocycles. The largest absolute Gasteiger partial charge is 0.384 e. The van der Waals surface area contributed by atoms with E-state index in [0.29, 0.717) is 12.0 Å². The van der Waals surface area contributed by atoms with Gasteiger partial charge in [-0.25, -0.2) is 0 Å². The summed E-state index contributed by atoms with van der Waals surface area (Å²) in [4.78, 5) is 2.59. The van der Waals surface area contributed by atoms with E-state index in [1.807, 2.05) is 7.11 Å². The molecular formula is C18H30N2O. The van der Waals surface area contributed by atoms with E-state index in [4.69, 9.17) is 4.74 Å². The van der Waals surface area contributed by atoms with Gasteiger partial charge in [-0.2, -0.15) is 0 Å². The van der Waals surface area contributed by atoms with Gasteiger partial charge in [0.1, 0.15) is 0 Å². The van der Waals surface area contributed by atoms with Crippen LogP contribution in [0.5, 0.6) is 0 Å². The first-order valence-corrected chi connectivity index (χ1v) is 8.09. The van der Waals surface area contributed by atoms with Gasteiger partial charge in [0.25, 0.3) is 0 Å². The van der Waals surface area contributed by atoms with Crippen molar-refractivity contribution in [2.45, 2.75) is 32.7 Å². The Bertz CT molecular complexity index is 425. The lowest BCUT2D eigenvalue weighted by molar-refractivity contribution is 0.0861. The van der Waals surface area contributed by atoms with Gasteiger partial charge < -0.3 is 15.0 Å². The number of likely N-dealkylation sites (N-methyl/N-ethyl adjacent to an activating group) is 1. The summed E-state index contributed by atoms with van der Waals surface area (Å²) in [6.45, 7) is 8.71. The van der Waals surface area contributed by atoms with E-state index in [1.165, 1.54) is 36.1 Å². The number of benzene rings is 1. The normalized spacial score (nSPS) is 21.4. The first-order chi connectivity index (χ1) is 10.1. The molecule has 1 aliphatic heterocycles. The highest BCUT2D eigenvalue weighted by Gasteiger charge is 2.22. The molecule has 2 rings (SSSR count). The average Bonchev–Trinajstić information content (AvgIpc) is 2.44. The highest BCUT2D eigenvalue weighted by Crippen LogP contribution is 2.22. The third-order valence-corrected chi connectivity index (χ3v) is 4.44. The molecular weight excluding hydrogens is 260 g/mol. The number of hydrogen-bond acceptors (Lipinski definition) is 3. The molecule has 1 N–H and O–H groups in total. The zero-order valence-corrected chi connectivity index (χ0v) is 14.0. The fourth-order valence-electron chi connectivity index (χ4n) is 3.52. The van der Waals surface area contributed by atoms with Crippen LogP contribution in [-0.2, 0) is 4.74 Å². The summed E-state index contributed by atoms with van der Waals surface area (Å²) in [5, 5.41) is 3.49. The topological polar surface area (TPSA) is 24.5 Å². The maximum Gasteiger partial charge on any atom is 0.0502 e. The monoisotopic (exact) mass is 290 g/mol. The molecule has 1 aromatic rings. The lowest BCUT2D eigenvalue weighted by atomic mass is 9.96. The van der Waals surface area contributed by atoms with E-state index in [0.717, 1.165) is 19.7 Å². The standard InChI is InChI=1S/C18H30N2O/c1-14-8-15(2)10-17(9-14)18(19-3)12-20-7-5-6-16(11-20)13-21-4/h8-10,16,18-19H,5-7,11-13H2,1-4H3. The first-order valence-electron chi connectivity index (χ1n) is 8.09. The molecule has 2 unspecified atom stereocenters. The number of nitrogens with zero attached hydrogens (tertiary/aromatic N) is 1. The predicted molar refractivity (Wildman–Crippen MR) is 88.8 cm³/mol. The van der Waals surface area contributed by atoms with Crippen LogP contribution < -0.4 is 5.32 Å². The minimum atomic E-state index is 0.407. The Morgan fingerprint density at radius 2 is 2.00 bits per heavy atom. The third kappa shape index (κ3) is 4.80. The summed E-state index contributed by atoms with van der Waals surface area (Å²) >= 11 is 0. The van der Waals surface area contributed by atoms with Gasteiger partial charge in [0.15, 0.2) is 0 Å². The molecule has 3 nitrogen and oxygen atoms in total. The molecule has 0 spiro atoms. The van der Waals surface area contributed by atoms with Crippen LogP contribution in [0.2, 0.25) is 0 Å². The van der Waals surface area contributed by atoms with E-state index >= 15 is 0 Å². The smallest absolute Gasteiger partial charge is 0.0502 e. The van der Waals surface area contributed by atoms with E-state index in [2.05, 4.69) is 49.3 Å². The predicted octanol–water partition coefficient (Wildman–Crippen LogP) is 2.92. The van der Waals surface area contributed by atoms with Crippen LogP contribution in [0.25, 0.3) is 0 Å². The van der Waals surface area contributed by atoms with Gasteiger partial charge in [0, 0.05) is 26.2 Å². The van der Waals surface area contributed by atoms with Crippen molar-refractivity contribution in [1.82, 2.24) is 10.2 Å². The lowest BCUT2D eigenvalue weighted by Crippen LogP contribution is -2.41. The number of nitrogens with one attached hydrogen (secondary N) is 1. The maximum absolute atomic E-state index is 5.33. The summed E-state index contributed by atoms with van der Waals surface area (Å²) < 4.78 is 5.33. The minimum Gasteiger partial charge on any atom is -0.384 e. The van der Waals surface area contributed by atoms with Crippen molar-refractivity contribution < 1.29 is 4.74 Å². The fourth-order valence-corrected chi connectivity index (χ4v) is 3.52. The second kappa shape index (κ2) is 7.92. The van der Waals surface area contributed by atoms with Crippen LogP contribution in [0, 0.1) is 19.8 Å². The molecule has 0 saturated carbocycles. The molecule has 2 atom stereocenters. The molecule has 1 heterocycles. The molecule has 0 aliphatic carbocycles. The van der Waals surface area contributed by atoms with E-state index in [-0.39, 0.29) is 0 Å². The van der Waals surface area contributed by atoms with Crippen molar-refractivity contribution in [3.8, 4) is 0 Å². The van der Waals surface area contributed by atoms with Gasteiger partial charge in [0.05, 0.1) is 6.61 Å². The summed E-state index contributed by atoms with van der Waals surface area (Å²) in [7, 11) is 3.88. The summed E-state index contributed by atoms with van der Waals surface area (Å²) in [5.74, 6) is 0.695. The molecule has 3 heteroatoms. The Morgan fingerprint density at radius 3 is 2.62 bits per heavy atom. The fraction of sp³-hybridized carbons (Fsp3) is 0.667. The van der Waals surface area contributed by atoms with Crippen molar-refractivity contribution in [2.75, 3.05) is 40.4 Å². The molecule has 118 valence electrons. The molecule has 1 fully saturated rings. The SMILES string of the molecule is CNC(CN1CCCC(COC)C1)c1cc(C)cc(C)c1. The lowest BCUT2D eigenvalue weighted by Gasteiger charge is -2.35. The van der Waals surface area contributed by atoms with Gasteiger partial charge in [0.2, 0.25) is 0 Å². The summed E-state index contributed by atoms with van der Waals surface area (Å²) in [6.07, 6.45) is 2.59. The Balaban J connectivity index is 2.01. The Labute approximate surface area is 129 Å². The molecule has 1 aliphatic rings. The van der Waals surface area contributed by atoms with Crippen molar-refractivity contribution in [3.05, 3.63) is 34.9 Å². The van der Waals surface area contributed by atoms with Crippen molar-refractivity contribution >= 4 is 0 Å². The van der Waals surface area contributed by atoms with E-state index in [9.17, 15) is 0 Å². The van der Waals surface area contributed by atoms with Crippen LogP contribution in [0.3, 0.4) is 0 Å². The van der Waals surface area contributed by atoms with Crippen molar-refractivity contribution in [1.29, 1.82) is 0 Å². The molecule has 1 aromatic carbocycles. The molecule has 0 bridgehead atoms. The third-order valence-electron chi connectivity index (χ3n) is 4.44. The molecule has 0 amide bonds. The summed E-state index contributed by atoms with van der Waals surface area (Å²) in [5.41, 5.74) is 4.10. The van der Waals surface area contributed by atoms with E-state index in [1.54, 1.807) is 0 Å².